The first-order valence-electron chi connectivity index (χ1n) is 7.69. The second-order valence-corrected chi connectivity index (χ2v) is 5.61. The summed E-state index contributed by atoms with van der Waals surface area (Å²) in [5, 5.41) is 19.1. The van der Waals surface area contributed by atoms with Gasteiger partial charge in [-0.05, 0) is 24.5 Å². The number of hydrogen-bond acceptors (Lipinski definition) is 6. The predicted molar refractivity (Wildman–Crippen MR) is 86.8 cm³/mol. The summed E-state index contributed by atoms with van der Waals surface area (Å²) in [4.78, 5) is 22.5. The number of ether oxygens (including phenoxy) is 2. The number of aliphatic carboxylic acids is 1. The van der Waals surface area contributed by atoms with Crippen molar-refractivity contribution < 1.29 is 28.9 Å². The van der Waals surface area contributed by atoms with Crippen LogP contribution in [-0.2, 0) is 4.79 Å². The van der Waals surface area contributed by atoms with Gasteiger partial charge in [-0.3, -0.25) is 0 Å². The third-order valence-electron chi connectivity index (χ3n) is 3.47. The molecule has 0 saturated carbocycles. The van der Waals surface area contributed by atoms with Crippen molar-refractivity contribution in [2.75, 3.05) is 13.2 Å². The summed E-state index contributed by atoms with van der Waals surface area (Å²) in [7, 11) is 0. The Morgan fingerprint density at radius 1 is 1.33 bits per heavy atom. The number of rotatable bonds is 8. The smallest absolute Gasteiger partial charge is 0.383 e. The Morgan fingerprint density at radius 3 is 2.75 bits per heavy atom. The largest absolute Gasteiger partial charge is 0.504 e. The Hall–Kier alpha value is -2.70. The van der Waals surface area contributed by atoms with E-state index >= 15 is 0 Å². The van der Waals surface area contributed by atoms with Crippen LogP contribution in [-0.4, -0.2) is 29.4 Å². The van der Waals surface area contributed by atoms with Crippen LogP contribution in [0, 0.1) is 5.92 Å². The molecule has 0 aliphatic carbocycles. The molecule has 0 bridgehead atoms. The first-order valence-corrected chi connectivity index (χ1v) is 7.69. The minimum atomic E-state index is -1.12. The molecule has 1 atom stereocenters. The van der Waals surface area contributed by atoms with Crippen molar-refractivity contribution in [2.24, 2.45) is 5.92 Å². The molecule has 2 rings (SSSR count). The molecule has 1 aromatic carbocycles. The molecule has 0 aliphatic heterocycles. The SMILES string of the molecule is CCCC(C)COc1c(O)c2ccc(OCC(=O)O)cc2oc1=O. The highest BCUT2D eigenvalue weighted by atomic mass is 16.5. The third-order valence-corrected chi connectivity index (χ3v) is 3.47. The van der Waals surface area contributed by atoms with Crippen LogP contribution in [0.15, 0.2) is 27.4 Å². The lowest BCUT2D eigenvalue weighted by atomic mass is 10.1. The van der Waals surface area contributed by atoms with Crippen LogP contribution in [0.1, 0.15) is 26.7 Å². The molecular weight excluding hydrogens is 316 g/mol. The van der Waals surface area contributed by atoms with E-state index in [9.17, 15) is 14.7 Å². The number of hydrogen-bond donors (Lipinski definition) is 2. The van der Waals surface area contributed by atoms with E-state index in [1.165, 1.54) is 18.2 Å². The number of aromatic hydroxyl groups is 1. The van der Waals surface area contributed by atoms with Gasteiger partial charge in [0.05, 0.1) is 12.0 Å². The van der Waals surface area contributed by atoms with Gasteiger partial charge in [-0.15, -0.1) is 0 Å². The molecule has 1 heterocycles. The monoisotopic (exact) mass is 336 g/mol. The van der Waals surface area contributed by atoms with Crippen molar-refractivity contribution in [1.82, 2.24) is 0 Å². The van der Waals surface area contributed by atoms with Crippen molar-refractivity contribution in [3.05, 3.63) is 28.6 Å². The summed E-state index contributed by atoms with van der Waals surface area (Å²) in [5.74, 6) is -1.17. The fourth-order valence-corrected chi connectivity index (χ4v) is 2.31. The number of fused-ring (bicyclic) bond motifs is 1. The lowest BCUT2D eigenvalue weighted by Crippen LogP contribution is -2.13. The molecule has 0 saturated heterocycles. The average Bonchev–Trinajstić information content (AvgIpc) is 2.52. The Labute approximate surface area is 138 Å². The Morgan fingerprint density at radius 2 is 2.08 bits per heavy atom. The quantitative estimate of drug-likeness (QED) is 0.714. The van der Waals surface area contributed by atoms with Gasteiger partial charge >= 0.3 is 11.6 Å². The molecule has 24 heavy (non-hydrogen) atoms. The van der Waals surface area contributed by atoms with Crippen LogP contribution in [0.2, 0.25) is 0 Å². The molecule has 0 spiro atoms. The lowest BCUT2D eigenvalue weighted by molar-refractivity contribution is -0.139. The zero-order chi connectivity index (χ0) is 17.7. The maximum absolute atomic E-state index is 12.0. The summed E-state index contributed by atoms with van der Waals surface area (Å²) < 4.78 is 15.6. The van der Waals surface area contributed by atoms with Gasteiger partial charge in [0, 0.05) is 6.07 Å². The van der Waals surface area contributed by atoms with E-state index in [0.717, 1.165) is 12.8 Å². The normalized spacial score (nSPS) is 12.1. The van der Waals surface area contributed by atoms with Crippen LogP contribution in [0.4, 0.5) is 0 Å². The number of carboxylic acids is 1. The molecule has 1 aromatic heterocycles. The molecule has 0 amide bonds. The zero-order valence-electron chi connectivity index (χ0n) is 13.6. The topological polar surface area (TPSA) is 106 Å². The van der Waals surface area contributed by atoms with E-state index in [1.54, 1.807) is 0 Å². The molecule has 0 fully saturated rings. The van der Waals surface area contributed by atoms with Crippen molar-refractivity contribution in [1.29, 1.82) is 0 Å². The van der Waals surface area contributed by atoms with E-state index in [4.69, 9.17) is 19.0 Å². The Balaban J connectivity index is 2.27. The number of benzene rings is 1. The summed E-state index contributed by atoms with van der Waals surface area (Å²) in [6.45, 7) is 3.84. The van der Waals surface area contributed by atoms with Crippen LogP contribution >= 0.6 is 0 Å². The van der Waals surface area contributed by atoms with Crippen molar-refractivity contribution in [2.45, 2.75) is 26.7 Å². The van der Waals surface area contributed by atoms with E-state index in [2.05, 4.69) is 6.92 Å². The minimum Gasteiger partial charge on any atom is -0.504 e. The summed E-state index contributed by atoms with van der Waals surface area (Å²) in [5.41, 5.74) is -0.701. The Kier molecular flexibility index (Phi) is 5.68. The molecule has 7 nitrogen and oxygen atoms in total. The fraction of sp³-hybridized carbons (Fsp3) is 0.412. The molecule has 7 heteroatoms. The van der Waals surface area contributed by atoms with Gasteiger partial charge in [0.2, 0.25) is 5.75 Å². The van der Waals surface area contributed by atoms with Crippen LogP contribution < -0.4 is 15.1 Å². The molecule has 2 aromatic rings. The first kappa shape index (κ1) is 17.7. The van der Waals surface area contributed by atoms with Crippen molar-refractivity contribution >= 4 is 16.9 Å². The second-order valence-electron chi connectivity index (χ2n) is 5.61. The summed E-state index contributed by atoms with van der Waals surface area (Å²) >= 11 is 0. The molecule has 1 unspecified atom stereocenters. The second kappa shape index (κ2) is 7.72. The minimum absolute atomic E-state index is 0.0920. The predicted octanol–water partition coefficient (Wildman–Crippen LogP) is 2.78. The molecule has 130 valence electrons. The standard InChI is InChI=1S/C17H20O7/c1-3-4-10(2)8-23-16-15(20)12-6-5-11(22-9-14(18)19)7-13(12)24-17(16)21/h5-7,10,20H,3-4,8-9H2,1-2H3,(H,18,19). The van der Waals surface area contributed by atoms with Gasteiger partial charge in [-0.2, -0.15) is 0 Å². The third kappa shape index (κ3) is 4.18. The first-order chi connectivity index (χ1) is 11.4. The van der Waals surface area contributed by atoms with E-state index in [-0.39, 0.29) is 34.1 Å². The van der Waals surface area contributed by atoms with Gasteiger partial charge in [0.1, 0.15) is 11.3 Å². The Bertz CT molecular complexity index is 778. The highest BCUT2D eigenvalue weighted by Gasteiger charge is 2.17. The van der Waals surface area contributed by atoms with Crippen LogP contribution in [0.5, 0.6) is 17.2 Å². The lowest BCUT2D eigenvalue weighted by Gasteiger charge is -2.13. The summed E-state index contributed by atoms with van der Waals surface area (Å²) in [6, 6.07) is 4.31. The van der Waals surface area contributed by atoms with Gasteiger partial charge in [0.25, 0.3) is 0 Å². The highest BCUT2D eigenvalue weighted by molar-refractivity contribution is 5.86. The number of carboxylic acid groups (broad SMARTS) is 1. The summed E-state index contributed by atoms with van der Waals surface area (Å²) in [6.07, 6.45) is 1.95. The maximum Gasteiger partial charge on any atom is 0.383 e. The van der Waals surface area contributed by atoms with Crippen molar-refractivity contribution in [3.63, 3.8) is 0 Å². The highest BCUT2D eigenvalue weighted by Crippen LogP contribution is 2.33. The zero-order valence-corrected chi connectivity index (χ0v) is 13.6. The van der Waals surface area contributed by atoms with Gasteiger partial charge in [0.15, 0.2) is 12.4 Å². The number of carbonyl (C=O) groups is 1. The molecule has 2 N–H and O–H groups in total. The fourth-order valence-electron chi connectivity index (χ4n) is 2.31. The van der Waals surface area contributed by atoms with Crippen molar-refractivity contribution in [3.8, 4) is 17.2 Å². The van der Waals surface area contributed by atoms with Gasteiger partial charge in [-0.25, -0.2) is 9.59 Å². The van der Waals surface area contributed by atoms with E-state index < -0.39 is 18.2 Å². The van der Waals surface area contributed by atoms with Gasteiger partial charge in [-0.1, -0.05) is 20.3 Å². The maximum atomic E-state index is 12.0. The van der Waals surface area contributed by atoms with E-state index in [1.807, 2.05) is 6.92 Å². The van der Waals surface area contributed by atoms with E-state index in [0.29, 0.717) is 6.61 Å². The van der Waals surface area contributed by atoms with Gasteiger partial charge < -0.3 is 24.1 Å². The molecule has 0 aliphatic rings. The molecule has 0 radical (unpaired) electrons. The van der Waals surface area contributed by atoms with Crippen LogP contribution in [0.25, 0.3) is 11.0 Å². The molecular formula is C17H20O7. The average molecular weight is 336 g/mol. The van der Waals surface area contributed by atoms with Crippen LogP contribution in [0.3, 0.4) is 0 Å².